The van der Waals surface area contributed by atoms with Gasteiger partial charge in [-0.25, -0.2) is 9.38 Å². The minimum absolute atomic E-state index is 0.177. The van der Waals surface area contributed by atoms with Crippen molar-refractivity contribution >= 4 is 34.6 Å². The van der Waals surface area contributed by atoms with E-state index < -0.39 is 12.0 Å². The Balaban J connectivity index is 1.94. The quantitative estimate of drug-likeness (QED) is 0.802. The molecule has 3 rings (SSSR count). The summed E-state index contributed by atoms with van der Waals surface area (Å²) in [5.41, 5.74) is 4.31. The highest BCUT2D eigenvalue weighted by molar-refractivity contribution is 7.80. The number of amides is 1. The number of aryl methyl sites for hydroxylation is 1. The van der Waals surface area contributed by atoms with Gasteiger partial charge in [0.05, 0.1) is 6.04 Å². The van der Waals surface area contributed by atoms with Crippen LogP contribution in [0.4, 0.5) is 10.1 Å². The van der Waals surface area contributed by atoms with Gasteiger partial charge in [0.2, 0.25) is 5.91 Å². The second kappa shape index (κ2) is 7.33. The molecule has 6 heteroatoms. The normalized spacial score (nSPS) is 19.5. The molecule has 2 N–H and O–H groups in total. The summed E-state index contributed by atoms with van der Waals surface area (Å²) < 4.78 is 13.3. The molecule has 0 aromatic heterocycles. The largest absolute Gasteiger partial charge is 0.353 e. The fraction of sp³-hybridized carbons (Fsp3) is 0.250. The van der Waals surface area contributed by atoms with Crippen molar-refractivity contribution in [2.75, 3.05) is 5.32 Å². The van der Waals surface area contributed by atoms with Crippen molar-refractivity contribution in [3.05, 3.63) is 65.0 Å². The van der Waals surface area contributed by atoms with E-state index in [1.807, 2.05) is 32.0 Å². The predicted octanol–water partition coefficient (Wildman–Crippen LogP) is 4.09. The lowest BCUT2D eigenvalue weighted by Gasteiger charge is -2.31. The molecule has 2 atom stereocenters. The Labute approximate surface area is 157 Å². The number of halogens is 1. The van der Waals surface area contributed by atoms with Crippen LogP contribution in [0.25, 0.3) is 0 Å². The molecule has 0 saturated heterocycles. The summed E-state index contributed by atoms with van der Waals surface area (Å²) in [6, 6.07) is 11.5. The first-order chi connectivity index (χ1) is 12.4. The number of aliphatic imine (C=N–C) groups is 1. The summed E-state index contributed by atoms with van der Waals surface area (Å²) in [6.45, 7) is 5.76. The molecular weight excluding hydrogens is 349 g/mol. The molecule has 134 valence electrons. The molecule has 1 aliphatic rings. The van der Waals surface area contributed by atoms with Crippen molar-refractivity contribution in [3.63, 3.8) is 0 Å². The Bertz CT molecular complexity index is 892. The zero-order valence-corrected chi connectivity index (χ0v) is 15.7. The van der Waals surface area contributed by atoms with Crippen LogP contribution in [-0.2, 0) is 4.79 Å². The van der Waals surface area contributed by atoms with Gasteiger partial charge in [-0.15, -0.1) is 0 Å². The Morgan fingerprint density at radius 2 is 1.85 bits per heavy atom. The molecule has 1 amide bonds. The van der Waals surface area contributed by atoms with Crippen molar-refractivity contribution in [1.82, 2.24) is 5.32 Å². The van der Waals surface area contributed by atoms with E-state index in [9.17, 15) is 9.18 Å². The number of nitrogens with one attached hydrogen (secondary N) is 2. The second-order valence-electron chi connectivity index (χ2n) is 6.45. The summed E-state index contributed by atoms with van der Waals surface area (Å²) in [7, 11) is 0. The van der Waals surface area contributed by atoms with Gasteiger partial charge >= 0.3 is 0 Å². The summed E-state index contributed by atoms with van der Waals surface area (Å²) in [6.07, 6.45) is 0. The van der Waals surface area contributed by atoms with E-state index in [4.69, 9.17) is 12.2 Å². The lowest BCUT2D eigenvalue weighted by Crippen LogP contribution is -2.45. The molecule has 4 nitrogen and oxygen atoms in total. The zero-order valence-electron chi connectivity index (χ0n) is 14.8. The summed E-state index contributed by atoms with van der Waals surface area (Å²) in [5, 5.41) is 6.41. The minimum atomic E-state index is -0.549. The van der Waals surface area contributed by atoms with Crippen molar-refractivity contribution in [2.45, 2.75) is 26.8 Å². The van der Waals surface area contributed by atoms with Crippen molar-refractivity contribution in [2.24, 2.45) is 10.9 Å². The predicted molar refractivity (Wildman–Crippen MR) is 106 cm³/mol. The van der Waals surface area contributed by atoms with Crippen LogP contribution in [0.5, 0.6) is 0 Å². The van der Waals surface area contributed by atoms with Crippen molar-refractivity contribution in [3.8, 4) is 0 Å². The van der Waals surface area contributed by atoms with Gasteiger partial charge in [-0.2, -0.15) is 0 Å². The highest BCUT2D eigenvalue weighted by Gasteiger charge is 2.36. The molecule has 26 heavy (non-hydrogen) atoms. The number of rotatable bonds is 3. The topological polar surface area (TPSA) is 53.5 Å². The fourth-order valence-electron chi connectivity index (χ4n) is 3.10. The van der Waals surface area contributed by atoms with Crippen molar-refractivity contribution in [1.29, 1.82) is 0 Å². The molecule has 2 aromatic rings. The monoisotopic (exact) mass is 369 g/mol. The van der Waals surface area contributed by atoms with E-state index in [-0.39, 0.29) is 11.7 Å². The molecule has 0 fully saturated rings. The first kappa shape index (κ1) is 18.2. The highest BCUT2D eigenvalue weighted by atomic mass is 32.1. The lowest BCUT2D eigenvalue weighted by atomic mass is 9.87. The van der Waals surface area contributed by atoms with Crippen LogP contribution in [0.2, 0.25) is 0 Å². The van der Waals surface area contributed by atoms with E-state index in [0.29, 0.717) is 10.8 Å². The van der Waals surface area contributed by atoms with Gasteiger partial charge in [-0.3, -0.25) is 4.79 Å². The molecule has 0 spiro atoms. The summed E-state index contributed by atoms with van der Waals surface area (Å²) in [5.74, 6) is -1.05. The Hall–Kier alpha value is -2.60. The van der Waals surface area contributed by atoms with E-state index >= 15 is 0 Å². The highest BCUT2D eigenvalue weighted by Crippen LogP contribution is 2.29. The van der Waals surface area contributed by atoms with Crippen LogP contribution >= 0.6 is 12.2 Å². The molecule has 0 bridgehead atoms. The zero-order chi connectivity index (χ0) is 18.8. The lowest BCUT2D eigenvalue weighted by molar-refractivity contribution is -0.118. The summed E-state index contributed by atoms with van der Waals surface area (Å²) >= 11 is 5.19. The molecule has 2 aromatic carbocycles. The van der Waals surface area contributed by atoms with Gasteiger partial charge in [0, 0.05) is 11.4 Å². The average molecular weight is 369 g/mol. The fourth-order valence-corrected chi connectivity index (χ4v) is 3.37. The van der Waals surface area contributed by atoms with Gasteiger partial charge in [0.1, 0.15) is 11.7 Å². The van der Waals surface area contributed by atoms with Gasteiger partial charge in [-0.05, 0) is 67.9 Å². The maximum atomic E-state index is 13.3. The second-order valence-corrected chi connectivity index (χ2v) is 6.83. The van der Waals surface area contributed by atoms with Crippen LogP contribution < -0.4 is 10.6 Å². The minimum Gasteiger partial charge on any atom is -0.353 e. The van der Waals surface area contributed by atoms with E-state index in [0.717, 1.165) is 22.4 Å². The van der Waals surface area contributed by atoms with Crippen LogP contribution in [-0.4, -0.2) is 16.7 Å². The van der Waals surface area contributed by atoms with Crippen LogP contribution in [0, 0.1) is 25.6 Å². The van der Waals surface area contributed by atoms with E-state index in [1.54, 1.807) is 19.1 Å². The first-order valence-electron chi connectivity index (χ1n) is 8.35. The number of carbonyl (C=O) groups excluding carboxylic acids is 1. The number of hydrogen-bond acceptors (Lipinski definition) is 2. The third-order valence-electron chi connectivity index (χ3n) is 4.71. The molecule has 1 heterocycles. The van der Waals surface area contributed by atoms with E-state index in [1.165, 1.54) is 12.1 Å². The third kappa shape index (κ3) is 3.65. The number of thiocarbonyl (C=S) groups is 1. The Morgan fingerprint density at radius 3 is 2.54 bits per heavy atom. The number of hydrogen-bond donors (Lipinski definition) is 2. The summed E-state index contributed by atoms with van der Waals surface area (Å²) in [4.78, 5) is 17.3. The Morgan fingerprint density at radius 1 is 1.15 bits per heavy atom. The molecule has 0 saturated carbocycles. The van der Waals surface area contributed by atoms with Crippen LogP contribution in [0.1, 0.15) is 29.7 Å². The van der Waals surface area contributed by atoms with E-state index in [2.05, 4.69) is 15.6 Å². The average Bonchev–Trinajstić information content (AvgIpc) is 2.59. The van der Waals surface area contributed by atoms with Gasteiger partial charge in [0.15, 0.2) is 5.11 Å². The smallest absolute Gasteiger partial charge is 0.235 e. The molecular formula is C20H20FN3OS. The molecule has 0 aliphatic carbocycles. The number of nitrogens with zero attached hydrogens (tertiary/aromatic N) is 1. The van der Waals surface area contributed by atoms with Crippen molar-refractivity contribution < 1.29 is 9.18 Å². The standard InChI is InChI=1S/C20H20FN3OS/c1-11-5-4-6-16(12(11)2)23-19(25)17-13(3)22-20(26)24-18(17)14-7-9-15(21)10-8-14/h4-10,17-18H,1-3H3,(H,23,25)(H,24,26). The van der Waals surface area contributed by atoms with Gasteiger partial charge in [-0.1, -0.05) is 24.3 Å². The maximum Gasteiger partial charge on any atom is 0.235 e. The first-order valence-corrected chi connectivity index (χ1v) is 8.76. The third-order valence-corrected chi connectivity index (χ3v) is 4.92. The molecule has 0 radical (unpaired) electrons. The molecule has 2 unspecified atom stereocenters. The van der Waals surface area contributed by atoms with Gasteiger partial charge < -0.3 is 10.6 Å². The maximum absolute atomic E-state index is 13.3. The van der Waals surface area contributed by atoms with Gasteiger partial charge in [0.25, 0.3) is 0 Å². The molecule has 1 aliphatic heterocycles. The number of benzene rings is 2. The van der Waals surface area contributed by atoms with Crippen LogP contribution in [0.3, 0.4) is 0 Å². The SMILES string of the molecule is CC1=NC(=S)NC(c2ccc(F)cc2)C1C(=O)Nc1cccc(C)c1C. The Kier molecular flexibility index (Phi) is 5.13. The number of carbonyl (C=O) groups is 1. The van der Waals surface area contributed by atoms with Crippen LogP contribution in [0.15, 0.2) is 47.5 Å². The number of anilines is 1.